The predicted molar refractivity (Wildman–Crippen MR) is 63.1 cm³/mol. The lowest BCUT2D eigenvalue weighted by Gasteiger charge is -2.18. The summed E-state index contributed by atoms with van der Waals surface area (Å²) in [7, 11) is 0. The number of rotatable bonds is 1. The second-order valence-corrected chi connectivity index (χ2v) is 4.54. The van der Waals surface area contributed by atoms with Gasteiger partial charge in [0.1, 0.15) is 11.6 Å². The van der Waals surface area contributed by atoms with Crippen LogP contribution in [0.15, 0.2) is 24.3 Å². The molecule has 0 amide bonds. The lowest BCUT2D eigenvalue weighted by atomic mass is 10.1. The van der Waals surface area contributed by atoms with Crippen molar-refractivity contribution in [3.05, 3.63) is 35.9 Å². The van der Waals surface area contributed by atoms with Gasteiger partial charge in [-0.25, -0.2) is 14.1 Å². The number of halogens is 1. The normalized spacial score (nSPS) is 19.1. The first-order chi connectivity index (χ1) is 8.24. The van der Waals surface area contributed by atoms with E-state index in [-0.39, 0.29) is 5.82 Å². The second kappa shape index (κ2) is 3.95. The van der Waals surface area contributed by atoms with Crippen molar-refractivity contribution in [2.75, 3.05) is 0 Å². The van der Waals surface area contributed by atoms with Crippen molar-refractivity contribution in [2.24, 2.45) is 0 Å². The van der Waals surface area contributed by atoms with E-state index in [1.54, 1.807) is 12.1 Å². The molecule has 1 unspecified atom stereocenters. The molecule has 0 saturated carbocycles. The van der Waals surface area contributed by atoms with E-state index in [1.807, 2.05) is 4.68 Å². The van der Waals surface area contributed by atoms with Crippen molar-refractivity contribution < 1.29 is 4.39 Å². The van der Waals surface area contributed by atoms with E-state index in [2.05, 4.69) is 17.0 Å². The summed E-state index contributed by atoms with van der Waals surface area (Å²) < 4.78 is 14.8. The Hall–Kier alpha value is -1.71. The van der Waals surface area contributed by atoms with Crippen molar-refractivity contribution >= 4 is 0 Å². The predicted octanol–water partition coefficient (Wildman–Crippen LogP) is 2.98. The molecule has 0 N–H and O–H groups in total. The van der Waals surface area contributed by atoms with Crippen molar-refractivity contribution in [1.29, 1.82) is 0 Å². The van der Waals surface area contributed by atoms with E-state index >= 15 is 0 Å². The van der Waals surface area contributed by atoms with E-state index in [0.29, 0.717) is 11.9 Å². The van der Waals surface area contributed by atoms with Crippen molar-refractivity contribution in [2.45, 2.75) is 32.2 Å². The summed E-state index contributed by atoms with van der Waals surface area (Å²) in [5, 5.41) is 4.51. The molecule has 3 rings (SSSR count). The van der Waals surface area contributed by atoms with Gasteiger partial charge in [-0.3, -0.25) is 0 Å². The first-order valence-corrected chi connectivity index (χ1v) is 5.95. The van der Waals surface area contributed by atoms with Gasteiger partial charge in [0, 0.05) is 12.0 Å². The summed E-state index contributed by atoms with van der Waals surface area (Å²) in [4.78, 5) is 4.53. The second-order valence-electron chi connectivity index (χ2n) is 4.54. The van der Waals surface area contributed by atoms with Crippen LogP contribution in [-0.4, -0.2) is 14.8 Å². The maximum atomic E-state index is 12.8. The van der Waals surface area contributed by atoms with Gasteiger partial charge in [0.05, 0.1) is 6.04 Å². The monoisotopic (exact) mass is 231 g/mol. The molecule has 4 heteroatoms. The Morgan fingerprint density at radius 1 is 1.29 bits per heavy atom. The van der Waals surface area contributed by atoms with Gasteiger partial charge >= 0.3 is 0 Å². The molecule has 1 aromatic heterocycles. The smallest absolute Gasteiger partial charge is 0.181 e. The third kappa shape index (κ3) is 1.84. The molecule has 0 aliphatic carbocycles. The first-order valence-electron chi connectivity index (χ1n) is 5.95. The number of aryl methyl sites for hydroxylation is 1. The van der Waals surface area contributed by atoms with Gasteiger partial charge in [0.25, 0.3) is 0 Å². The molecule has 3 nitrogen and oxygen atoms in total. The van der Waals surface area contributed by atoms with Crippen LogP contribution in [0.5, 0.6) is 0 Å². The van der Waals surface area contributed by atoms with Gasteiger partial charge in [-0.15, -0.1) is 0 Å². The fraction of sp³-hybridized carbons (Fsp3) is 0.385. The maximum Gasteiger partial charge on any atom is 0.181 e. The van der Waals surface area contributed by atoms with Crippen LogP contribution in [-0.2, 0) is 6.42 Å². The molecule has 2 aromatic rings. The molecular weight excluding hydrogens is 217 g/mol. The zero-order valence-corrected chi connectivity index (χ0v) is 9.73. The van der Waals surface area contributed by atoms with E-state index in [4.69, 9.17) is 0 Å². The van der Waals surface area contributed by atoms with Crippen LogP contribution in [0, 0.1) is 5.82 Å². The molecule has 1 aromatic carbocycles. The lowest BCUT2D eigenvalue weighted by molar-refractivity contribution is 0.389. The van der Waals surface area contributed by atoms with Crippen LogP contribution in [0.2, 0.25) is 0 Å². The molecule has 0 radical (unpaired) electrons. The highest BCUT2D eigenvalue weighted by molar-refractivity contribution is 5.54. The molecule has 1 atom stereocenters. The van der Waals surface area contributed by atoms with E-state index in [0.717, 1.165) is 24.2 Å². The standard InChI is InChI=1S/C13H14FN3/c1-9-3-2-4-12-15-13(16-17(9)12)10-5-7-11(14)8-6-10/h5-9H,2-4H2,1H3. The van der Waals surface area contributed by atoms with Gasteiger partial charge in [-0.05, 0) is 44.0 Å². The number of hydrogen-bond donors (Lipinski definition) is 0. The first kappa shape index (κ1) is 10.4. The average Bonchev–Trinajstić information content (AvgIpc) is 2.75. The van der Waals surface area contributed by atoms with E-state index in [1.165, 1.54) is 18.6 Å². The van der Waals surface area contributed by atoms with Crippen LogP contribution < -0.4 is 0 Å². The molecule has 0 fully saturated rings. The summed E-state index contributed by atoms with van der Waals surface area (Å²) in [5.41, 5.74) is 0.875. The number of aromatic nitrogens is 3. The molecule has 88 valence electrons. The SMILES string of the molecule is CC1CCCc2nc(-c3ccc(F)cc3)nn21. The number of hydrogen-bond acceptors (Lipinski definition) is 2. The van der Waals surface area contributed by atoms with Crippen LogP contribution in [0.3, 0.4) is 0 Å². The summed E-state index contributed by atoms with van der Waals surface area (Å²) in [6.45, 7) is 2.16. The molecule has 1 aliphatic rings. The number of fused-ring (bicyclic) bond motifs is 1. The third-order valence-electron chi connectivity index (χ3n) is 3.24. The molecule has 0 bridgehead atoms. The molecular formula is C13H14FN3. The minimum absolute atomic E-state index is 0.230. The highest BCUT2D eigenvalue weighted by atomic mass is 19.1. The highest BCUT2D eigenvalue weighted by Crippen LogP contribution is 2.25. The Kier molecular flexibility index (Phi) is 2.42. The number of benzene rings is 1. The lowest BCUT2D eigenvalue weighted by Crippen LogP contribution is -2.16. The van der Waals surface area contributed by atoms with E-state index < -0.39 is 0 Å². The Morgan fingerprint density at radius 3 is 2.76 bits per heavy atom. The quantitative estimate of drug-likeness (QED) is 0.755. The summed E-state index contributed by atoms with van der Waals surface area (Å²) in [6, 6.07) is 6.75. The number of nitrogens with zero attached hydrogens (tertiary/aromatic N) is 3. The Bertz CT molecular complexity index is 530. The summed E-state index contributed by atoms with van der Waals surface area (Å²) >= 11 is 0. The van der Waals surface area contributed by atoms with Crippen LogP contribution in [0.1, 0.15) is 31.6 Å². The van der Waals surface area contributed by atoms with Crippen LogP contribution in [0.4, 0.5) is 4.39 Å². The average molecular weight is 231 g/mol. The Labute approximate surface area is 99.3 Å². The molecule has 0 saturated heterocycles. The molecule has 17 heavy (non-hydrogen) atoms. The Balaban J connectivity index is 2.02. The zero-order valence-electron chi connectivity index (χ0n) is 9.73. The summed E-state index contributed by atoms with van der Waals surface area (Å²) in [6.07, 6.45) is 3.31. The van der Waals surface area contributed by atoms with E-state index in [9.17, 15) is 4.39 Å². The summed E-state index contributed by atoms with van der Waals surface area (Å²) in [5.74, 6) is 1.52. The fourth-order valence-corrected chi connectivity index (χ4v) is 2.28. The minimum atomic E-state index is -0.230. The topological polar surface area (TPSA) is 30.7 Å². The largest absolute Gasteiger partial charge is 0.247 e. The zero-order chi connectivity index (χ0) is 11.8. The molecule has 1 aliphatic heterocycles. The van der Waals surface area contributed by atoms with Crippen LogP contribution in [0.25, 0.3) is 11.4 Å². The highest BCUT2D eigenvalue weighted by Gasteiger charge is 2.20. The van der Waals surface area contributed by atoms with Crippen molar-refractivity contribution in [1.82, 2.24) is 14.8 Å². The molecule has 0 spiro atoms. The van der Waals surface area contributed by atoms with Crippen molar-refractivity contribution in [3.8, 4) is 11.4 Å². The fourth-order valence-electron chi connectivity index (χ4n) is 2.28. The van der Waals surface area contributed by atoms with Crippen molar-refractivity contribution in [3.63, 3.8) is 0 Å². The van der Waals surface area contributed by atoms with Gasteiger partial charge < -0.3 is 0 Å². The Morgan fingerprint density at radius 2 is 2.06 bits per heavy atom. The third-order valence-corrected chi connectivity index (χ3v) is 3.24. The van der Waals surface area contributed by atoms with Gasteiger partial charge in [0.15, 0.2) is 5.82 Å². The van der Waals surface area contributed by atoms with Gasteiger partial charge in [-0.2, -0.15) is 5.10 Å². The van der Waals surface area contributed by atoms with Crippen LogP contribution >= 0.6 is 0 Å². The van der Waals surface area contributed by atoms with Gasteiger partial charge in [-0.1, -0.05) is 0 Å². The molecule has 2 heterocycles. The minimum Gasteiger partial charge on any atom is -0.247 e. The van der Waals surface area contributed by atoms with Gasteiger partial charge in [0.2, 0.25) is 0 Å². The maximum absolute atomic E-state index is 12.8.